The van der Waals surface area contributed by atoms with E-state index in [0.29, 0.717) is 6.61 Å². The normalized spacial score (nSPS) is 8.36. The molecule has 0 aliphatic heterocycles. The molecule has 0 aliphatic rings. The Morgan fingerprint density at radius 1 is 1.45 bits per heavy atom. The maximum absolute atomic E-state index is 7.57. The zero-order valence-electron chi connectivity index (χ0n) is 7.89. The third kappa shape index (κ3) is 26.1. The van der Waals surface area contributed by atoms with E-state index in [0.717, 1.165) is 18.6 Å². The van der Waals surface area contributed by atoms with Crippen LogP contribution in [-0.2, 0) is 4.74 Å². The lowest BCUT2D eigenvalue weighted by Gasteiger charge is -1.98. The van der Waals surface area contributed by atoms with Gasteiger partial charge >= 0.3 is 0 Å². The molecule has 0 aliphatic carbocycles. The van der Waals surface area contributed by atoms with Crippen LogP contribution in [0.15, 0.2) is 12.2 Å². The van der Waals surface area contributed by atoms with E-state index in [1.165, 1.54) is 0 Å². The summed E-state index contributed by atoms with van der Waals surface area (Å²) in [6.45, 7) is 11.3. The first-order chi connectivity index (χ1) is 5.18. The minimum Gasteiger partial charge on any atom is -0.397 e. The lowest BCUT2D eigenvalue weighted by molar-refractivity contribution is 0.157. The Hall–Kier alpha value is -0.340. The van der Waals surface area contributed by atoms with Gasteiger partial charge < -0.3 is 9.84 Å². The molecule has 1 N–H and O–H groups in total. The summed E-state index contributed by atoms with van der Waals surface area (Å²) in [5.41, 5.74) is 1.10. The standard InChI is InChI=1S/C7H14O.C2H6O/c1-4-5-8-6-7(2)3;1-2-3/h2,4-6H2,1,3H3;3H,2H2,1H3. The quantitative estimate of drug-likeness (QED) is 0.503. The number of ether oxygens (including phenoxy) is 1. The summed E-state index contributed by atoms with van der Waals surface area (Å²) in [4.78, 5) is 0. The van der Waals surface area contributed by atoms with E-state index in [4.69, 9.17) is 9.84 Å². The highest BCUT2D eigenvalue weighted by Gasteiger charge is 1.82. The lowest BCUT2D eigenvalue weighted by Crippen LogP contribution is -1.94. The van der Waals surface area contributed by atoms with E-state index in [1.54, 1.807) is 6.92 Å². The van der Waals surface area contributed by atoms with Crippen LogP contribution in [0.5, 0.6) is 0 Å². The molecule has 0 saturated carbocycles. The van der Waals surface area contributed by atoms with Crippen LogP contribution in [0, 0.1) is 0 Å². The lowest BCUT2D eigenvalue weighted by atomic mass is 10.4. The molecule has 68 valence electrons. The molecule has 0 aromatic rings. The summed E-state index contributed by atoms with van der Waals surface area (Å²) in [6, 6.07) is 0. The third-order valence-electron chi connectivity index (χ3n) is 0.697. The Labute approximate surface area is 69.9 Å². The monoisotopic (exact) mass is 160 g/mol. The van der Waals surface area contributed by atoms with E-state index < -0.39 is 0 Å². The SMILES string of the molecule is C=C(C)COCCC.CCO. The number of aliphatic hydroxyl groups is 1. The fourth-order valence-electron chi connectivity index (χ4n) is 0.391. The minimum absolute atomic E-state index is 0.250. The summed E-state index contributed by atoms with van der Waals surface area (Å²) in [7, 11) is 0. The van der Waals surface area contributed by atoms with Crippen LogP contribution in [0.1, 0.15) is 27.2 Å². The number of rotatable bonds is 4. The summed E-state index contributed by atoms with van der Waals surface area (Å²) in [5.74, 6) is 0. The molecular formula is C9H20O2. The number of aliphatic hydroxyl groups excluding tert-OH is 1. The van der Waals surface area contributed by atoms with Crippen molar-refractivity contribution in [3.8, 4) is 0 Å². The Morgan fingerprint density at radius 3 is 2.18 bits per heavy atom. The second kappa shape index (κ2) is 12.3. The van der Waals surface area contributed by atoms with Crippen molar-refractivity contribution in [2.45, 2.75) is 27.2 Å². The van der Waals surface area contributed by atoms with Crippen LogP contribution in [0.25, 0.3) is 0 Å². The van der Waals surface area contributed by atoms with Crippen molar-refractivity contribution in [2.24, 2.45) is 0 Å². The highest BCUT2D eigenvalue weighted by Crippen LogP contribution is 1.88. The zero-order chi connectivity index (χ0) is 9.11. The number of hydrogen-bond donors (Lipinski definition) is 1. The van der Waals surface area contributed by atoms with Gasteiger partial charge in [0.25, 0.3) is 0 Å². The van der Waals surface area contributed by atoms with Crippen LogP contribution in [0.4, 0.5) is 0 Å². The predicted molar refractivity (Wildman–Crippen MR) is 48.7 cm³/mol. The maximum atomic E-state index is 7.57. The second-order valence-corrected chi connectivity index (χ2v) is 2.33. The molecule has 0 atom stereocenters. The molecular weight excluding hydrogens is 140 g/mol. The van der Waals surface area contributed by atoms with Crippen molar-refractivity contribution in [1.82, 2.24) is 0 Å². The molecule has 2 heteroatoms. The average molecular weight is 160 g/mol. The fourth-order valence-corrected chi connectivity index (χ4v) is 0.391. The van der Waals surface area contributed by atoms with E-state index in [-0.39, 0.29) is 6.61 Å². The molecule has 0 radical (unpaired) electrons. The molecule has 0 amide bonds. The van der Waals surface area contributed by atoms with Crippen molar-refractivity contribution in [3.63, 3.8) is 0 Å². The van der Waals surface area contributed by atoms with Gasteiger partial charge in [-0.3, -0.25) is 0 Å². The van der Waals surface area contributed by atoms with Crippen molar-refractivity contribution < 1.29 is 9.84 Å². The highest BCUT2D eigenvalue weighted by atomic mass is 16.5. The molecule has 0 aromatic carbocycles. The van der Waals surface area contributed by atoms with Gasteiger partial charge in [-0.15, -0.1) is 0 Å². The topological polar surface area (TPSA) is 29.5 Å². The maximum Gasteiger partial charge on any atom is 0.0671 e. The van der Waals surface area contributed by atoms with Crippen LogP contribution in [-0.4, -0.2) is 24.9 Å². The molecule has 0 heterocycles. The number of hydrogen-bond acceptors (Lipinski definition) is 2. The molecule has 0 aromatic heterocycles. The van der Waals surface area contributed by atoms with Gasteiger partial charge in [0.1, 0.15) is 0 Å². The van der Waals surface area contributed by atoms with E-state index >= 15 is 0 Å². The van der Waals surface area contributed by atoms with Gasteiger partial charge in [-0.05, 0) is 20.3 Å². The largest absolute Gasteiger partial charge is 0.397 e. The van der Waals surface area contributed by atoms with Crippen molar-refractivity contribution in [3.05, 3.63) is 12.2 Å². The van der Waals surface area contributed by atoms with Crippen molar-refractivity contribution in [2.75, 3.05) is 19.8 Å². The summed E-state index contributed by atoms with van der Waals surface area (Å²) < 4.78 is 5.14. The van der Waals surface area contributed by atoms with Crippen molar-refractivity contribution >= 4 is 0 Å². The zero-order valence-corrected chi connectivity index (χ0v) is 7.89. The Kier molecular flexibility index (Phi) is 14.9. The van der Waals surface area contributed by atoms with Crippen molar-refractivity contribution in [1.29, 1.82) is 0 Å². The van der Waals surface area contributed by atoms with Crippen LogP contribution >= 0.6 is 0 Å². The Bertz CT molecular complexity index is 79.6. The predicted octanol–water partition coefficient (Wildman–Crippen LogP) is 1.99. The Morgan fingerprint density at radius 2 is 1.91 bits per heavy atom. The van der Waals surface area contributed by atoms with Gasteiger partial charge in [0.05, 0.1) is 6.61 Å². The first-order valence-corrected chi connectivity index (χ1v) is 4.01. The Balaban J connectivity index is 0. The molecule has 0 fully saturated rings. The third-order valence-corrected chi connectivity index (χ3v) is 0.697. The van der Waals surface area contributed by atoms with Crippen LogP contribution in [0.3, 0.4) is 0 Å². The minimum atomic E-state index is 0.250. The van der Waals surface area contributed by atoms with Gasteiger partial charge in [0, 0.05) is 13.2 Å². The van der Waals surface area contributed by atoms with E-state index in [9.17, 15) is 0 Å². The average Bonchev–Trinajstić information content (AvgIpc) is 1.89. The van der Waals surface area contributed by atoms with Crippen LogP contribution in [0.2, 0.25) is 0 Å². The molecule has 0 rings (SSSR count). The molecule has 0 saturated heterocycles. The van der Waals surface area contributed by atoms with Gasteiger partial charge in [-0.25, -0.2) is 0 Å². The highest BCUT2D eigenvalue weighted by molar-refractivity contribution is 4.87. The molecule has 0 unspecified atom stereocenters. The first-order valence-electron chi connectivity index (χ1n) is 4.01. The fraction of sp³-hybridized carbons (Fsp3) is 0.778. The molecule has 0 spiro atoms. The summed E-state index contributed by atoms with van der Waals surface area (Å²) >= 11 is 0. The summed E-state index contributed by atoms with van der Waals surface area (Å²) in [6.07, 6.45) is 1.09. The van der Waals surface area contributed by atoms with Gasteiger partial charge in [0.2, 0.25) is 0 Å². The molecule has 0 bridgehead atoms. The first kappa shape index (κ1) is 13.3. The van der Waals surface area contributed by atoms with E-state index in [1.807, 2.05) is 6.92 Å². The van der Waals surface area contributed by atoms with Gasteiger partial charge in [0.15, 0.2) is 0 Å². The second-order valence-electron chi connectivity index (χ2n) is 2.33. The molecule has 2 nitrogen and oxygen atoms in total. The van der Waals surface area contributed by atoms with Gasteiger partial charge in [-0.2, -0.15) is 0 Å². The van der Waals surface area contributed by atoms with E-state index in [2.05, 4.69) is 13.5 Å². The summed E-state index contributed by atoms with van der Waals surface area (Å²) in [5, 5.41) is 7.57. The molecule has 11 heavy (non-hydrogen) atoms. The smallest absolute Gasteiger partial charge is 0.0671 e. The van der Waals surface area contributed by atoms with Gasteiger partial charge in [-0.1, -0.05) is 19.1 Å². The van der Waals surface area contributed by atoms with Crippen LogP contribution < -0.4 is 0 Å².